The Balaban J connectivity index is 1.35. The lowest BCUT2D eigenvalue weighted by Crippen LogP contribution is -2.51. The van der Waals surface area contributed by atoms with E-state index in [4.69, 9.17) is 21.1 Å². The van der Waals surface area contributed by atoms with Crippen LogP contribution in [0.15, 0.2) is 40.1 Å². The molecule has 2 aliphatic heterocycles. The fourth-order valence-corrected chi connectivity index (χ4v) is 6.18. The van der Waals surface area contributed by atoms with Crippen LogP contribution >= 0.6 is 11.6 Å². The molecule has 6 rings (SSSR count). The molecule has 3 aromatic heterocycles. The predicted molar refractivity (Wildman–Crippen MR) is 175 cm³/mol. The van der Waals surface area contributed by atoms with Gasteiger partial charge in [-0.05, 0) is 36.6 Å². The van der Waals surface area contributed by atoms with Crippen molar-refractivity contribution in [2.45, 2.75) is 32.5 Å². The molecule has 0 saturated carbocycles. The zero-order valence-corrected chi connectivity index (χ0v) is 27.6. The minimum atomic E-state index is -4.62. The highest BCUT2D eigenvalue weighted by Crippen LogP contribution is 2.34. The Morgan fingerprint density at radius 2 is 1.92 bits per heavy atom. The number of alkyl halides is 3. The van der Waals surface area contributed by atoms with E-state index in [-0.39, 0.29) is 78.5 Å². The number of aromatic amines is 1. The highest BCUT2D eigenvalue weighted by Gasteiger charge is 2.32. The summed E-state index contributed by atoms with van der Waals surface area (Å²) in [6.07, 6.45) is -0.787. The fourth-order valence-electron chi connectivity index (χ4n) is 5.95. The van der Waals surface area contributed by atoms with Crippen LogP contribution < -0.4 is 26.1 Å². The maximum absolute atomic E-state index is 14.2. The summed E-state index contributed by atoms with van der Waals surface area (Å²) < 4.78 is 52.8. The molecule has 1 fully saturated rings. The van der Waals surface area contributed by atoms with Gasteiger partial charge >= 0.3 is 6.18 Å². The topological polar surface area (TPSA) is 169 Å². The van der Waals surface area contributed by atoms with Crippen molar-refractivity contribution in [2.24, 2.45) is 0 Å². The minimum Gasteiger partial charge on any atom is -0.494 e. The second-order valence-electron chi connectivity index (χ2n) is 11.4. The first-order chi connectivity index (χ1) is 23.9. The Bertz CT molecular complexity index is 2120. The number of H-pyrrole nitrogens is 1. The fraction of sp³-hybridized carbons (Fsp3) is 0.387. The molecule has 264 valence electrons. The monoisotopic (exact) mass is 717 g/mol. The van der Waals surface area contributed by atoms with Crippen molar-refractivity contribution in [3.05, 3.63) is 78.8 Å². The van der Waals surface area contributed by atoms with E-state index in [1.54, 1.807) is 16.4 Å². The third-order valence-corrected chi connectivity index (χ3v) is 8.73. The summed E-state index contributed by atoms with van der Waals surface area (Å²) in [7, 11) is 1.32. The SMILES string of the molecule is CCc1c(N2CCN(C(=O)c3c(OC)cn[nH]c3=O)CC2)c(=O)n2nc(C3=CCOCC3)nc2n1CC(=O)Nc1ccc(C(F)(F)F)cc1Cl. The molecule has 19 heteroatoms. The molecule has 2 aliphatic rings. The molecule has 0 bridgehead atoms. The molecular formula is C31H31ClF3N9O6. The second kappa shape index (κ2) is 13.9. The number of carbonyl (C=O) groups excluding carboxylic acids is 2. The molecule has 2 amide bonds. The van der Waals surface area contributed by atoms with Gasteiger partial charge in [0.2, 0.25) is 11.7 Å². The summed E-state index contributed by atoms with van der Waals surface area (Å²) in [5.74, 6) is -0.793. The van der Waals surface area contributed by atoms with E-state index in [1.807, 2.05) is 6.08 Å². The van der Waals surface area contributed by atoms with Gasteiger partial charge in [-0.2, -0.15) is 27.8 Å². The standard InChI is InChI=1S/C31H31ClF3N9O6/c1-3-21-25(41-8-10-42(11-9-41)28(47)24-22(49-2)15-36-39-27(24)46)29(48)44-30(38-26(40-44)17-6-12-50-13-7-17)43(21)16-23(45)37-20-5-4-18(14-19(20)32)31(33,34)35/h4-6,14-15H,3,7-13,16H2,1-2H3,(H,37,45)(H,39,46). The Labute approximate surface area is 286 Å². The molecule has 0 radical (unpaired) electrons. The van der Waals surface area contributed by atoms with Crippen LogP contribution in [-0.4, -0.2) is 92.6 Å². The number of nitrogens with zero attached hydrogens (tertiary/aromatic N) is 7. The molecule has 50 heavy (non-hydrogen) atoms. The first-order valence-corrected chi connectivity index (χ1v) is 15.9. The van der Waals surface area contributed by atoms with Gasteiger partial charge in [-0.15, -0.1) is 5.10 Å². The first kappa shape index (κ1) is 34.6. The smallest absolute Gasteiger partial charge is 0.416 e. The molecule has 15 nitrogen and oxygen atoms in total. The van der Waals surface area contributed by atoms with Gasteiger partial charge in [0.05, 0.1) is 48.5 Å². The summed E-state index contributed by atoms with van der Waals surface area (Å²) in [4.78, 5) is 61.3. The number of hydrogen-bond donors (Lipinski definition) is 2. The van der Waals surface area contributed by atoms with E-state index in [0.29, 0.717) is 25.3 Å². The zero-order chi connectivity index (χ0) is 35.7. The first-order valence-electron chi connectivity index (χ1n) is 15.5. The highest BCUT2D eigenvalue weighted by atomic mass is 35.5. The van der Waals surface area contributed by atoms with Gasteiger partial charge in [0.15, 0.2) is 11.6 Å². The average Bonchev–Trinajstić information content (AvgIpc) is 3.56. The summed E-state index contributed by atoms with van der Waals surface area (Å²) in [6.45, 7) is 2.88. The lowest BCUT2D eigenvalue weighted by molar-refractivity contribution is -0.137. The molecule has 2 N–H and O–H groups in total. The average molecular weight is 718 g/mol. The lowest BCUT2D eigenvalue weighted by Gasteiger charge is -2.36. The van der Waals surface area contributed by atoms with E-state index in [1.165, 1.54) is 18.2 Å². The van der Waals surface area contributed by atoms with Crippen LogP contribution in [0.3, 0.4) is 0 Å². The number of piperazine rings is 1. The molecular weight excluding hydrogens is 687 g/mol. The number of amides is 2. The van der Waals surface area contributed by atoms with Gasteiger partial charge in [-0.1, -0.05) is 24.6 Å². The van der Waals surface area contributed by atoms with Gasteiger partial charge in [0, 0.05) is 26.2 Å². The van der Waals surface area contributed by atoms with Gasteiger partial charge in [-0.3, -0.25) is 19.2 Å². The van der Waals surface area contributed by atoms with Gasteiger partial charge in [0.25, 0.3) is 17.0 Å². The quantitative estimate of drug-likeness (QED) is 0.276. The van der Waals surface area contributed by atoms with Gasteiger partial charge in [0.1, 0.15) is 17.8 Å². The molecule has 0 spiro atoms. The normalized spacial score (nSPS) is 15.3. The van der Waals surface area contributed by atoms with E-state index >= 15 is 0 Å². The molecule has 1 saturated heterocycles. The molecule has 1 aromatic carbocycles. The van der Waals surface area contributed by atoms with Crippen molar-refractivity contribution in [2.75, 3.05) is 56.7 Å². The van der Waals surface area contributed by atoms with Crippen LogP contribution in [0.1, 0.15) is 40.8 Å². The second-order valence-corrected chi connectivity index (χ2v) is 11.8. The number of benzene rings is 1. The third-order valence-electron chi connectivity index (χ3n) is 8.42. The Hall–Kier alpha value is -5.23. The minimum absolute atomic E-state index is 0.0278. The zero-order valence-electron chi connectivity index (χ0n) is 26.8. The third kappa shape index (κ3) is 6.67. The Morgan fingerprint density at radius 3 is 2.56 bits per heavy atom. The van der Waals surface area contributed by atoms with Crippen LogP contribution in [0.25, 0.3) is 11.4 Å². The van der Waals surface area contributed by atoms with Crippen molar-refractivity contribution in [1.29, 1.82) is 0 Å². The van der Waals surface area contributed by atoms with Gasteiger partial charge < -0.3 is 29.2 Å². The van der Waals surface area contributed by atoms with E-state index < -0.39 is 34.7 Å². The lowest BCUT2D eigenvalue weighted by atomic mass is 10.1. The molecule has 5 heterocycles. The van der Waals surface area contributed by atoms with Crippen molar-refractivity contribution in [3.8, 4) is 5.75 Å². The number of rotatable bonds is 8. The highest BCUT2D eigenvalue weighted by molar-refractivity contribution is 6.33. The molecule has 0 aliphatic carbocycles. The number of anilines is 2. The predicted octanol–water partition coefficient (Wildman–Crippen LogP) is 2.62. The van der Waals surface area contributed by atoms with Gasteiger partial charge in [-0.25, -0.2) is 5.10 Å². The summed E-state index contributed by atoms with van der Waals surface area (Å²) in [5.41, 5.74) is -0.917. The summed E-state index contributed by atoms with van der Waals surface area (Å²) >= 11 is 6.10. The van der Waals surface area contributed by atoms with Crippen molar-refractivity contribution in [3.63, 3.8) is 0 Å². The Kier molecular flexibility index (Phi) is 9.66. The number of carbonyl (C=O) groups is 2. The number of ether oxygens (including phenoxy) is 2. The number of halogens is 4. The molecule has 0 unspecified atom stereocenters. The summed E-state index contributed by atoms with van der Waals surface area (Å²) in [5, 5.41) is 12.7. The van der Waals surface area contributed by atoms with Crippen molar-refractivity contribution < 1.29 is 32.2 Å². The van der Waals surface area contributed by atoms with Crippen LogP contribution in [0.4, 0.5) is 24.5 Å². The number of nitrogens with one attached hydrogen (secondary N) is 2. The van der Waals surface area contributed by atoms with Crippen LogP contribution in [0.2, 0.25) is 5.02 Å². The van der Waals surface area contributed by atoms with Crippen LogP contribution in [0, 0.1) is 0 Å². The van der Waals surface area contributed by atoms with Crippen molar-refractivity contribution in [1.82, 2.24) is 34.3 Å². The van der Waals surface area contributed by atoms with Crippen LogP contribution in [-0.2, 0) is 28.7 Å². The van der Waals surface area contributed by atoms with E-state index in [9.17, 15) is 32.3 Å². The number of methoxy groups -OCH3 is 1. The number of hydrogen-bond acceptors (Lipinski definition) is 10. The maximum Gasteiger partial charge on any atom is 0.416 e. The number of aromatic nitrogens is 6. The number of fused-ring (bicyclic) bond motifs is 1. The summed E-state index contributed by atoms with van der Waals surface area (Å²) in [6, 6.07) is 2.60. The largest absolute Gasteiger partial charge is 0.494 e. The van der Waals surface area contributed by atoms with E-state index in [2.05, 4.69) is 25.6 Å². The van der Waals surface area contributed by atoms with Crippen LogP contribution in [0.5, 0.6) is 5.75 Å². The Morgan fingerprint density at radius 1 is 1.16 bits per heavy atom. The maximum atomic E-state index is 14.2. The van der Waals surface area contributed by atoms with E-state index in [0.717, 1.165) is 28.3 Å². The molecule has 4 aromatic rings. The van der Waals surface area contributed by atoms with Crippen molar-refractivity contribution >= 4 is 46.1 Å². The molecule has 0 atom stereocenters.